The second-order valence-corrected chi connectivity index (χ2v) is 8.67. The molecule has 0 unspecified atom stereocenters. The number of nitrogens with one attached hydrogen (secondary N) is 1. The molecule has 0 fully saturated rings. The molecule has 0 radical (unpaired) electrons. The first-order valence-corrected chi connectivity index (χ1v) is 12.0. The Bertz CT molecular complexity index is 1350. The number of hydrogen-bond acceptors (Lipinski definition) is 5. The van der Waals surface area contributed by atoms with Gasteiger partial charge in [-0.15, -0.1) is 0 Å². The lowest BCUT2D eigenvalue weighted by atomic mass is 9.92. The van der Waals surface area contributed by atoms with Crippen LogP contribution in [-0.4, -0.2) is 49.4 Å². The van der Waals surface area contributed by atoms with Crippen LogP contribution in [0.1, 0.15) is 29.8 Å². The van der Waals surface area contributed by atoms with Gasteiger partial charge in [0.15, 0.2) is 0 Å². The van der Waals surface area contributed by atoms with Gasteiger partial charge in [0, 0.05) is 24.3 Å². The number of nitrogens with zero attached hydrogens (tertiary/aromatic N) is 3. The van der Waals surface area contributed by atoms with Crippen molar-refractivity contribution in [1.29, 1.82) is 0 Å². The van der Waals surface area contributed by atoms with Crippen molar-refractivity contribution in [2.45, 2.75) is 19.5 Å². The van der Waals surface area contributed by atoms with E-state index in [2.05, 4.69) is 5.32 Å². The average molecular weight is 485 g/mol. The lowest BCUT2D eigenvalue weighted by molar-refractivity contribution is -0.131. The van der Waals surface area contributed by atoms with Gasteiger partial charge in [-0.1, -0.05) is 42.5 Å². The summed E-state index contributed by atoms with van der Waals surface area (Å²) in [6, 6.07) is 21.5. The topological polar surface area (TPSA) is 82.2 Å². The quantitative estimate of drug-likeness (QED) is 0.575. The maximum atomic E-state index is 14.5. The lowest BCUT2D eigenvalue weighted by Gasteiger charge is -2.45. The molecule has 1 atom stereocenters. The van der Waals surface area contributed by atoms with Crippen LogP contribution >= 0.6 is 0 Å². The smallest absolute Gasteiger partial charge is 0.279 e. The summed E-state index contributed by atoms with van der Waals surface area (Å²) in [7, 11) is 1.53. The number of rotatable bonds is 6. The molecular formula is C28H28N4O4. The van der Waals surface area contributed by atoms with Crippen molar-refractivity contribution in [3.8, 4) is 5.75 Å². The Morgan fingerprint density at radius 3 is 2.28 bits per heavy atom. The van der Waals surface area contributed by atoms with Crippen molar-refractivity contribution in [1.82, 2.24) is 4.90 Å². The Balaban J connectivity index is 1.74. The summed E-state index contributed by atoms with van der Waals surface area (Å²) in [5.41, 5.74) is 1.02. The van der Waals surface area contributed by atoms with Gasteiger partial charge in [0.25, 0.3) is 11.8 Å². The van der Waals surface area contributed by atoms with E-state index in [1.807, 2.05) is 50.2 Å². The van der Waals surface area contributed by atoms with Crippen LogP contribution < -0.4 is 19.9 Å². The molecule has 0 aromatic heterocycles. The highest BCUT2D eigenvalue weighted by Crippen LogP contribution is 2.51. The van der Waals surface area contributed by atoms with Gasteiger partial charge in [0.05, 0.1) is 24.0 Å². The molecule has 0 saturated carbocycles. The van der Waals surface area contributed by atoms with Crippen LogP contribution in [0.2, 0.25) is 0 Å². The highest BCUT2D eigenvalue weighted by atomic mass is 16.5. The molecule has 184 valence electrons. The summed E-state index contributed by atoms with van der Waals surface area (Å²) in [6.45, 7) is 4.77. The SMILES string of the molecule is CCN(CC)C(=O)CN1C(=O)[C@]2(Nc3ccccc3C(=O)N2c2ccccc2OC)c2ccccc21. The molecule has 0 bridgehead atoms. The molecule has 8 heteroatoms. The highest BCUT2D eigenvalue weighted by molar-refractivity contribution is 6.23. The fraction of sp³-hybridized carbons (Fsp3) is 0.250. The first-order valence-electron chi connectivity index (χ1n) is 12.0. The van der Waals surface area contributed by atoms with Crippen molar-refractivity contribution in [3.63, 3.8) is 0 Å². The second-order valence-electron chi connectivity index (χ2n) is 8.67. The van der Waals surface area contributed by atoms with E-state index in [-0.39, 0.29) is 18.4 Å². The summed E-state index contributed by atoms with van der Waals surface area (Å²) in [6.07, 6.45) is 0. The minimum atomic E-state index is -1.60. The third-order valence-corrected chi connectivity index (χ3v) is 6.89. The van der Waals surface area contributed by atoms with Crippen LogP contribution in [-0.2, 0) is 15.3 Å². The zero-order valence-corrected chi connectivity index (χ0v) is 20.5. The molecule has 3 aromatic rings. The first-order chi connectivity index (χ1) is 17.5. The Hall–Kier alpha value is -4.33. The zero-order valence-electron chi connectivity index (χ0n) is 20.5. The molecule has 2 aliphatic rings. The summed E-state index contributed by atoms with van der Waals surface area (Å²) >= 11 is 0. The predicted molar refractivity (Wildman–Crippen MR) is 138 cm³/mol. The van der Waals surface area contributed by atoms with Crippen molar-refractivity contribution in [2.75, 3.05) is 41.9 Å². The molecule has 2 aliphatic heterocycles. The molecule has 0 saturated heterocycles. The third kappa shape index (κ3) is 3.32. The maximum absolute atomic E-state index is 14.5. The molecule has 3 amide bonds. The van der Waals surface area contributed by atoms with Crippen LogP contribution in [0.4, 0.5) is 17.1 Å². The Kier molecular flexibility index (Phi) is 5.88. The largest absolute Gasteiger partial charge is 0.495 e. The van der Waals surface area contributed by atoms with Crippen LogP contribution in [0.5, 0.6) is 5.75 Å². The minimum Gasteiger partial charge on any atom is -0.495 e. The second kappa shape index (κ2) is 9.03. The van der Waals surface area contributed by atoms with Crippen molar-refractivity contribution in [2.24, 2.45) is 0 Å². The third-order valence-electron chi connectivity index (χ3n) is 6.89. The van der Waals surface area contributed by atoms with Crippen LogP contribution in [0.15, 0.2) is 72.8 Å². The van der Waals surface area contributed by atoms with E-state index in [4.69, 9.17) is 4.74 Å². The highest BCUT2D eigenvalue weighted by Gasteiger charge is 2.60. The van der Waals surface area contributed by atoms with Gasteiger partial charge in [0.1, 0.15) is 12.3 Å². The maximum Gasteiger partial charge on any atom is 0.279 e. The number of hydrogen-bond donors (Lipinski definition) is 1. The molecule has 8 nitrogen and oxygen atoms in total. The van der Waals surface area contributed by atoms with E-state index in [0.717, 1.165) is 0 Å². The number of fused-ring (bicyclic) bond motifs is 3. The van der Waals surface area contributed by atoms with E-state index in [0.29, 0.717) is 47.0 Å². The molecule has 1 N–H and O–H groups in total. The van der Waals surface area contributed by atoms with Crippen molar-refractivity contribution in [3.05, 3.63) is 83.9 Å². The van der Waals surface area contributed by atoms with E-state index in [1.165, 1.54) is 16.9 Å². The minimum absolute atomic E-state index is 0.128. The number of anilines is 3. The Labute approximate surface area is 210 Å². The molecule has 1 spiro atoms. The molecule has 3 aromatic carbocycles. The lowest BCUT2D eigenvalue weighted by Crippen LogP contribution is -2.63. The van der Waals surface area contributed by atoms with E-state index >= 15 is 0 Å². The van der Waals surface area contributed by atoms with Gasteiger partial charge < -0.3 is 15.0 Å². The van der Waals surface area contributed by atoms with Crippen molar-refractivity contribution >= 4 is 34.8 Å². The number of likely N-dealkylation sites (N-methyl/N-ethyl adjacent to an activating group) is 1. The Morgan fingerprint density at radius 1 is 0.917 bits per heavy atom. The van der Waals surface area contributed by atoms with Crippen LogP contribution in [0.25, 0.3) is 0 Å². The molecule has 36 heavy (non-hydrogen) atoms. The monoisotopic (exact) mass is 484 g/mol. The van der Waals surface area contributed by atoms with E-state index in [1.54, 1.807) is 41.3 Å². The van der Waals surface area contributed by atoms with Gasteiger partial charge in [0.2, 0.25) is 11.6 Å². The normalized spacial score (nSPS) is 18.1. The average Bonchev–Trinajstić information content (AvgIpc) is 3.13. The summed E-state index contributed by atoms with van der Waals surface area (Å²) in [5.74, 6) is -0.451. The van der Waals surface area contributed by atoms with Crippen LogP contribution in [0.3, 0.4) is 0 Å². The Morgan fingerprint density at radius 2 is 1.56 bits per heavy atom. The first kappa shape index (κ1) is 23.4. The number of amides is 3. The van der Waals surface area contributed by atoms with Crippen LogP contribution in [0, 0.1) is 0 Å². The van der Waals surface area contributed by atoms with Gasteiger partial charge in [-0.25, -0.2) is 0 Å². The fourth-order valence-corrected chi connectivity index (χ4v) is 5.15. The molecule has 2 heterocycles. The fourth-order valence-electron chi connectivity index (χ4n) is 5.15. The molecule has 5 rings (SSSR count). The number of methoxy groups -OCH3 is 1. The van der Waals surface area contributed by atoms with Crippen molar-refractivity contribution < 1.29 is 19.1 Å². The molecule has 0 aliphatic carbocycles. The van der Waals surface area contributed by atoms with Gasteiger partial charge in [-0.2, -0.15) is 0 Å². The number of carbonyl (C=O) groups excluding carboxylic acids is 3. The zero-order chi connectivity index (χ0) is 25.4. The van der Waals surface area contributed by atoms with E-state index in [9.17, 15) is 14.4 Å². The standard InChI is InChI=1S/C28H28N4O4/c1-4-30(5-2)25(33)18-31-22-15-9-7-13-20(22)28(27(31)35)29-21-14-8-6-12-19(21)26(34)32(28)23-16-10-11-17-24(23)36-3/h6-17,29H,4-5,18H2,1-3H3/t28-/m0/s1. The van der Waals surface area contributed by atoms with Gasteiger partial charge in [-0.3, -0.25) is 24.2 Å². The summed E-state index contributed by atoms with van der Waals surface area (Å²) in [5, 5.41) is 3.40. The predicted octanol–water partition coefficient (Wildman–Crippen LogP) is 3.84. The summed E-state index contributed by atoms with van der Waals surface area (Å²) < 4.78 is 5.61. The van der Waals surface area contributed by atoms with E-state index < -0.39 is 11.6 Å². The number of para-hydroxylation sites is 4. The number of benzene rings is 3. The summed E-state index contributed by atoms with van der Waals surface area (Å²) in [4.78, 5) is 46.3. The molecular weight excluding hydrogens is 456 g/mol. The van der Waals surface area contributed by atoms with Gasteiger partial charge >= 0.3 is 0 Å². The number of carbonyl (C=O) groups is 3. The number of ether oxygens (including phenoxy) is 1. The van der Waals surface area contributed by atoms with Gasteiger partial charge in [-0.05, 0) is 44.2 Å².